The molecule has 1 aromatic rings. The van der Waals surface area contributed by atoms with Crippen LogP contribution in [0.25, 0.3) is 0 Å². The molecule has 0 spiro atoms. The lowest BCUT2D eigenvalue weighted by molar-refractivity contribution is -0.384. The minimum Gasteiger partial charge on any atom is -0.368 e. The minimum atomic E-state index is -0.411. The number of benzene rings is 1. The number of nitro benzene ring substituents is 1. The topological polar surface area (TPSA) is 95.8 Å². The molecule has 0 radical (unpaired) electrons. The summed E-state index contributed by atoms with van der Waals surface area (Å²) in [7, 11) is 0. The van der Waals surface area contributed by atoms with Crippen molar-refractivity contribution in [2.24, 2.45) is 5.92 Å². The molecular formula is C19H26N4O4. The molecule has 2 amide bonds. The molecule has 1 saturated heterocycles. The number of hydrogen-bond donors (Lipinski definition) is 1. The van der Waals surface area contributed by atoms with Gasteiger partial charge in [-0.25, -0.2) is 0 Å². The van der Waals surface area contributed by atoms with Crippen LogP contribution in [0, 0.1) is 16.0 Å². The number of carbonyl (C=O) groups excluding carboxylic acids is 2. The second-order valence-electron chi connectivity index (χ2n) is 7.16. The molecule has 0 bridgehead atoms. The van der Waals surface area contributed by atoms with Crippen molar-refractivity contribution in [2.45, 2.75) is 32.1 Å². The monoisotopic (exact) mass is 374 g/mol. The van der Waals surface area contributed by atoms with Gasteiger partial charge in [-0.3, -0.25) is 19.7 Å². The summed E-state index contributed by atoms with van der Waals surface area (Å²) in [6.07, 6.45) is 4.50. The van der Waals surface area contributed by atoms with Crippen LogP contribution in [0.3, 0.4) is 0 Å². The van der Waals surface area contributed by atoms with Gasteiger partial charge in [0.25, 0.3) is 5.69 Å². The van der Waals surface area contributed by atoms with Crippen molar-refractivity contribution in [1.29, 1.82) is 0 Å². The van der Waals surface area contributed by atoms with Crippen molar-refractivity contribution in [3.63, 3.8) is 0 Å². The molecular weight excluding hydrogens is 348 g/mol. The Morgan fingerprint density at radius 3 is 2.30 bits per heavy atom. The molecule has 1 heterocycles. The van der Waals surface area contributed by atoms with Crippen molar-refractivity contribution in [2.75, 3.05) is 37.6 Å². The van der Waals surface area contributed by atoms with E-state index in [0.717, 1.165) is 31.4 Å². The number of carbonyl (C=O) groups is 2. The van der Waals surface area contributed by atoms with Gasteiger partial charge < -0.3 is 15.1 Å². The van der Waals surface area contributed by atoms with E-state index in [1.54, 1.807) is 12.1 Å². The van der Waals surface area contributed by atoms with Crippen LogP contribution in [0.1, 0.15) is 32.1 Å². The molecule has 1 saturated carbocycles. The molecule has 27 heavy (non-hydrogen) atoms. The molecule has 8 nitrogen and oxygen atoms in total. The summed E-state index contributed by atoms with van der Waals surface area (Å²) in [4.78, 5) is 38.6. The molecule has 0 atom stereocenters. The third kappa shape index (κ3) is 4.96. The molecule has 2 fully saturated rings. The number of rotatable bonds is 6. The maximum absolute atomic E-state index is 12.3. The van der Waals surface area contributed by atoms with Gasteiger partial charge in [0.05, 0.1) is 4.92 Å². The van der Waals surface area contributed by atoms with Crippen molar-refractivity contribution in [3.05, 3.63) is 34.4 Å². The lowest BCUT2D eigenvalue weighted by atomic mass is 10.1. The van der Waals surface area contributed by atoms with E-state index in [1.165, 1.54) is 12.1 Å². The fourth-order valence-corrected chi connectivity index (χ4v) is 3.78. The fourth-order valence-electron chi connectivity index (χ4n) is 3.78. The Kier molecular flexibility index (Phi) is 6.26. The van der Waals surface area contributed by atoms with E-state index < -0.39 is 4.92 Å². The molecule has 1 aliphatic carbocycles. The van der Waals surface area contributed by atoms with Crippen molar-refractivity contribution in [1.82, 2.24) is 10.2 Å². The zero-order valence-electron chi connectivity index (χ0n) is 15.4. The summed E-state index contributed by atoms with van der Waals surface area (Å²) < 4.78 is 0. The fraction of sp³-hybridized carbons (Fsp3) is 0.579. The lowest BCUT2D eigenvalue weighted by Crippen LogP contribution is -2.49. The standard InChI is InChI=1S/C19H26N4O4/c24-18(9-10-20-19(25)15-3-1-2-4-15)22-13-11-21(12-14-22)16-5-7-17(8-6-16)23(26)27/h5-8,15H,1-4,9-14H2,(H,20,25). The maximum atomic E-state index is 12.3. The number of nitro groups is 1. The van der Waals surface area contributed by atoms with Gasteiger partial charge in [0.15, 0.2) is 0 Å². The highest BCUT2D eigenvalue weighted by Gasteiger charge is 2.24. The predicted octanol–water partition coefficient (Wildman–Crippen LogP) is 1.94. The SMILES string of the molecule is O=C(NCCC(=O)N1CCN(c2ccc([N+](=O)[O-])cc2)CC1)C1CCCC1. The average molecular weight is 374 g/mol. The third-order valence-electron chi connectivity index (χ3n) is 5.42. The van der Waals surface area contributed by atoms with Crippen molar-refractivity contribution < 1.29 is 14.5 Å². The number of amides is 2. The molecule has 0 aromatic heterocycles. The second-order valence-corrected chi connectivity index (χ2v) is 7.16. The maximum Gasteiger partial charge on any atom is 0.269 e. The van der Waals surface area contributed by atoms with E-state index >= 15 is 0 Å². The Balaban J connectivity index is 1.39. The molecule has 146 valence electrons. The van der Waals surface area contributed by atoms with Gasteiger partial charge in [0, 0.05) is 62.9 Å². The molecule has 8 heteroatoms. The van der Waals surface area contributed by atoms with Crippen LogP contribution in [-0.4, -0.2) is 54.4 Å². The highest BCUT2D eigenvalue weighted by atomic mass is 16.6. The molecule has 1 aromatic carbocycles. The van der Waals surface area contributed by atoms with Crippen LogP contribution in [0.2, 0.25) is 0 Å². The number of anilines is 1. The highest BCUT2D eigenvalue weighted by molar-refractivity contribution is 5.80. The Morgan fingerprint density at radius 2 is 1.70 bits per heavy atom. The summed E-state index contributed by atoms with van der Waals surface area (Å²) in [5, 5.41) is 13.6. The normalized spacial score (nSPS) is 17.8. The molecule has 3 rings (SSSR count). The number of non-ortho nitro benzene ring substituents is 1. The number of nitrogens with zero attached hydrogens (tertiary/aromatic N) is 3. The van der Waals surface area contributed by atoms with Gasteiger partial charge in [-0.2, -0.15) is 0 Å². The van der Waals surface area contributed by atoms with Crippen LogP contribution < -0.4 is 10.2 Å². The van der Waals surface area contributed by atoms with E-state index in [4.69, 9.17) is 0 Å². The van der Waals surface area contributed by atoms with E-state index in [-0.39, 0.29) is 23.4 Å². The van der Waals surface area contributed by atoms with Gasteiger partial charge in [-0.05, 0) is 25.0 Å². The largest absolute Gasteiger partial charge is 0.368 e. The van der Waals surface area contributed by atoms with Crippen LogP contribution >= 0.6 is 0 Å². The van der Waals surface area contributed by atoms with Crippen LogP contribution in [0.4, 0.5) is 11.4 Å². The van der Waals surface area contributed by atoms with E-state index in [1.807, 2.05) is 4.90 Å². The third-order valence-corrected chi connectivity index (χ3v) is 5.42. The summed E-state index contributed by atoms with van der Waals surface area (Å²) in [5.41, 5.74) is 1.00. The minimum absolute atomic E-state index is 0.0603. The van der Waals surface area contributed by atoms with Gasteiger partial charge >= 0.3 is 0 Å². The summed E-state index contributed by atoms with van der Waals surface area (Å²) in [6.45, 7) is 3.02. The zero-order valence-corrected chi connectivity index (χ0v) is 15.4. The molecule has 2 aliphatic rings. The first-order valence-corrected chi connectivity index (χ1v) is 9.59. The van der Waals surface area contributed by atoms with Gasteiger partial charge in [0.1, 0.15) is 0 Å². The van der Waals surface area contributed by atoms with Gasteiger partial charge in [-0.1, -0.05) is 12.8 Å². The Labute approximate surface area is 158 Å². The van der Waals surface area contributed by atoms with Crippen molar-refractivity contribution in [3.8, 4) is 0 Å². The van der Waals surface area contributed by atoms with Crippen molar-refractivity contribution >= 4 is 23.2 Å². The zero-order chi connectivity index (χ0) is 19.2. The Morgan fingerprint density at radius 1 is 1.07 bits per heavy atom. The predicted molar refractivity (Wildman–Crippen MR) is 101 cm³/mol. The smallest absolute Gasteiger partial charge is 0.269 e. The molecule has 1 N–H and O–H groups in total. The molecule has 0 unspecified atom stereocenters. The Hall–Kier alpha value is -2.64. The summed E-state index contributed by atoms with van der Waals surface area (Å²) >= 11 is 0. The number of piperazine rings is 1. The van der Waals surface area contributed by atoms with Crippen LogP contribution in [0.5, 0.6) is 0 Å². The second kappa shape index (κ2) is 8.83. The van der Waals surface area contributed by atoms with Gasteiger partial charge in [0.2, 0.25) is 11.8 Å². The van der Waals surface area contributed by atoms with Crippen LogP contribution in [0.15, 0.2) is 24.3 Å². The average Bonchev–Trinajstić information content (AvgIpc) is 3.23. The van der Waals surface area contributed by atoms with E-state index in [9.17, 15) is 19.7 Å². The summed E-state index contributed by atoms with van der Waals surface area (Å²) in [5.74, 6) is 0.277. The van der Waals surface area contributed by atoms with E-state index in [2.05, 4.69) is 10.2 Å². The highest BCUT2D eigenvalue weighted by Crippen LogP contribution is 2.24. The molecule has 1 aliphatic heterocycles. The first kappa shape index (κ1) is 19.1. The summed E-state index contributed by atoms with van der Waals surface area (Å²) in [6, 6.07) is 6.49. The van der Waals surface area contributed by atoms with Crippen LogP contribution in [-0.2, 0) is 9.59 Å². The number of hydrogen-bond acceptors (Lipinski definition) is 5. The van der Waals surface area contributed by atoms with E-state index in [0.29, 0.717) is 39.1 Å². The Bertz CT molecular complexity index is 677. The number of nitrogens with one attached hydrogen (secondary N) is 1. The lowest BCUT2D eigenvalue weighted by Gasteiger charge is -2.36. The first-order valence-electron chi connectivity index (χ1n) is 9.59. The van der Waals surface area contributed by atoms with Gasteiger partial charge in [-0.15, -0.1) is 0 Å². The first-order chi connectivity index (χ1) is 13.0. The quantitative estimate of drug-likeness (QED) is 0.606.